The Morgan fingerprint density at radius 1 is 1.17 bits per heavy atom. The van der Waals surface area contributed by atoms with Gasteiger partial charge in [0.05, 0.1) is 14.2 Å². The largest absolute Gasteiger partial charge is 0.493 e. The SMILES string of the molecule is COc1cc2c(cc1OC)CN1CCNCC1C2. The van der Waals surface area contributed by atoms with Crippen LogP contribution in [0.2, 0.25) is 0 Å². The van der Waals surface area contributed by atoms with Gasteiger partial charge < -0.3 is 14.8 Å². The Bertz CT molecular complexity index is 407. The van der Waals surface area contributed by atoms with Gasteiger partial charge in [-0.3, -0.25) is 4.90 Å². The summed E-state index contributed by atoms with van der Waals surface area (Å²) in [4.78, 5) is 2.56. The molecule has 1 unspecified atom stereocenters. The molecule has 3 rings (SSSR count). The van der Waals surface area contributed by atoms with Crippen LogP contribution >= 0.6 is 0 Å². The van der Waals surface area contributed by atoms with Crippen LogP contribution in [0.5, 0.6) is 11.5 Å². The lowest BCUT2D eigenvalue weighted by atomic mass is 9.92. The second kappa shape index (κ2) is 4.78. The van der Waals surface area contributed by atoms with Crippen LogP contribution in [-0.2, 0) is 13.0 Å². The average Bonchev–Trinajstić information content (AvgIpc) is 2.43. The fourth-order valence-corrected chi connectivity index (χ4v) is 2.99. The monoisotopic (exact) mass is 248 g/mol. The zero-order valence-corrected chi connectivity index (χ0v) is 11.0. The van der Waals surface area contributed by atoms with Crippen molar-refractivity contribution in [3.8, 4) is 11.5 Å². The molecule has 2 aliphatic rings. The van der Waals surface area contributed by atoms with Crippen LogP contribution in [-0.4, -0.2) is 44.8 Å². The third-order valence-corrected chi connectivity index (χ3v) is 4.01. The number of rotatable bonds is 2. The van der Waals surface area contributed by atoms with E-state index >= 15 is 0 Å². The van der Waals surface area contributed by atoms with E-state index in [0.717, 1.165) is 44.1 Å². The molecule has 98 valence electrons. The minimum atomic E-state index is 0.629. The Balaban J connectivity index is 1.94. The van der Waals surface area contributed by atoms with Crippen molar-refractivity contribution in [1.82, 2.24) is 10.2 Å². The Hall–Kier alpha value is -1.26. The van der Waals surface area contributed by atoms with Gasteiger partial charge in [0.2, 0.25) is 0 Å². The fraction of sp³-hybridized carbons (Fsp3) is 0.571. The highest BCUT2D eigenvalue weighted by molar-refractivity contribution is 5.48. The molecule has 0 spiro atoms. The van der Waals surface area contributed by atoms with E-state index in [9.17, 15) is 0 Å². The zero-order chi connectivity index (χ0) is 12.5. The summed E-state index contributed by atoms with van der Waals surface area (Å²) in [6.07, 6.45) is 1.10. The van der Waals surface area contributed by atoms with Gasteiger partial charge in [-0.05, 0) is 29.7 Å². The highest BCUT2D eigenvalue weighted by atomic mass is 16.5. The summed E-state index contributed by atoms with van der Waals surface area (Å²) < 4.78 is 10.8. The predicted octanol–water partition coefficient (Wildman–Crippen LogP) is 1.03. The maximum atomic E-state index is 5.38. The number of piperazine rings is 1. The van der Waals surface area contributed by atoms with Crippen molar-refractivity contribution in [2.45, 2.75) is 19.0 Å². The van der Waals surface area contributed by atoms with Crippen LogP contribution in [0.3, 0.4) is 0 Å². The van der Waals surface area contributed by atoms with Gasteiger partial charge in [0.15, 0.2) is 11.5 Å². The van der Waals surface area contributed by atoms with E-state index < -0.39 is 0 Å². The van der Waals surface area contributed by atoms with Gasteiger partial charge in [-0.25, -0.2) is 0 Å². The van der Waals surface area contributed by atoms with Crippen molar-refractivity contribution < 1.29 is 9.47 Å². The van der Waals surface area contributed by atoms with Gasteiger partial charge in [0.1, 0.15) is 0 Å². The molecule has 1 fully saturated rings. The molecule has 0 saturated carbocycles. The minimum absolute atomic E-state index is 0.629. The number of fused-ring (bicyclic) bond motifs is 2. The smallest absolute Gasteiger partial charge is 0.161 e. The van der Waals surface area contributed by atoms with E-state index in [1.165, 1.54) is 11.1 Å². The van der Waals surface area contributed by atoms with E-state index in [0.29, 0.717) is 6.04 Å². The Morgan fingerprint density at radius 3 is 2.61 bits per heavy atom. The van der Waals surface area contributed by atoms with Gasteiger partial charge in [0, 0.05) is 32.2 Å². The van der Waals surface area contributed by atoms with Gasteiger partial charge in [-0.2, -0.15) is 0 Å². The van der Waals surface area contributed by atoms with Crippen LogP contribution in [0, 0.1) is 0 Å². The van der Waals surface area contributed by atoms with E-state index in [1.807, 2.05) is 0 Å². The first-order valence-electron chi connectivity index (χ1n) is 6.50. The second-order valence-electron chi connectivity index (χ2n) is 5.01. The normalized spacial score (nSPS) is 23.1. The average molecular weight is 248 g/mol. The van der Waals surface area contributed by atoms with E-state index in [2.05, 4.69) is 22.3 Å². The van der Waals surface area contributed by atoms with Crippen molar-refractivity contribution in [3.05, 3.63) is 23.3 Å². The lowest BCUT2D eigenvalue weighted by Gasteiger charge is -2.40. The van der Waals surface area contributed by atoms with Crippen LogP contribution in [0.1, 0.15) is 11.1 Å². The maximum Gasteiger partial charge on any atom is 0.161 e. The van der Waals surface area contributed by atoms with Crippen molar-refractivity contribution in [1.29, 1.82) is 0 Å². The lowest BCUT2D eigenvalue weighted by molar-refractivity contribution is 0.139. The highest BCUT2D eigenvalue weighted by Crippen LogP contribution is 2.34. The Labute approximate surface area is 108 Å². The first kappa shape index (κ1) is 11.8. The van der Waals surface area contributed by atoms with E-state index in [4.69, 9.17) is 9.47 Å². The molecule has 1 N–H and O–H groups in total. The van der Waals surface area contributed by atoms with Gasteiger partial charge in [-0.15, -0.1) is 0 Å². The number of ether oxygens (including phenoxy) is 2. The summed E-state index contributed by atoms with van der Waals surface area (Å²) in [5.74, 6) is 1.68. The minimum Gasteiger partial charge on any atom is -0.493 e. The topological polar surface area (TPSA) is 33.7 Å². The molecule has 18 heavy (non-hydrogen) atoms. The molecule has 4 heteroatoms. The van der Waals surface area contributed by atoms with Gasteiger partial charge >= 0.3 is 0 Å². The van der Waals surface area contributed by atoms with Crippen molar-refractivity contribution in [2.75, 3.05) is 33.9 Å². The third kappa shape index (κ3) is 1.95. The molecule has 4 nitrogen and oxygen atoms in total. The fourth-order valence-electron chi connectivity index (χ4n) is 2.99. The maximum absolute atomic E-state index is 5.38. The zero-order valence-electron chi connectivity index (χ0n) is 11.0. The predicted molar refractivity (Wildman–Crippen MR) is 70.3 cm³/mol. The molecule has 1 aromatic carbocycles. The van der Waals surface area contributed by atoms with Crippen LogP contribution in [0.4, 0.5) is 0 Å². The van der Waals surface area contributed by atoms with E-state index in [1.54, 1.807) is 14.2 Å². The van der Waals surface area contributed by atoms with Crippen LogP contribution in [0.25, 0.3) is 0 Å². The molecule has 0 amide bonds. The number of methoxy groups -OCH3 is 2. The molecule has 0 aliphatic carbocycles. The van der Waals surface area contributed by atoms with Crippen LogP contribution in [0.15, 0.2) is 12.1 Å². The summed E-state index contributed by atoms with van der Waals surface area (Å²) in [6.45, 7) is 4.35. The van der Waals surface area contributed by atoms with Gasteiger partial charge in [-0.1, -0.05) is 0 Å². The Kier molecular flexibility index (Phi) is 3.14. The standard InChI is InChI=1S/C14H20N2O2/c1-17-13-6-10-5-12-8-15-3-4-16(12)9-11(10)7-14(13)18-2/h6-7,12,15H,3-5,8-9H2,1-2H3. The number of benzene rings is 1. The number of hydrogen-bond donors (Lipinski definition) is 1. The van der Waals surface area contributed by atoms with Crippen molar-refractivity contribution in [2.24, 2.45) is 0 Å². The van der Waals surface area contributed by atoms with Crippen molar-refractivity contribution in [3.63, 3.8) is 0 Å². The summed E-state index contributed by atoms with van der Waals surface area (Å²) in [5, 5.41) is 3.47. The molecule has 2 aliphatic heterocycles. The molecule has 0 aromatic heterocycles. The van der Waals surface area contributed by atoms with Crippen LogP contribution < -0.4 is 14.8 Å². The number of nitrogens with one attached hydrogen (secondary N) is 1. The first-order chi connectivity index (χ1) is 8.81. The molecule has 1 saturated heterocycles. The summed E-state index contributed by atoms with van der Waals surface area (Å²) >= 11 is 0. The third-order valence-electron chi connectivity index (χ3n) is 4.01. The lowest BCUT2D eigenvalue weighted by Crippen LogP contribution is -2.53. The quantitative estimate of drug-likeness (QED) is 0.847. The summed E-state index contributed by atoms with van der Waals surface area (Å²) in [5.41, 5.74) is 2.78. The second-order valence-corrected chi connectivity index (χ2v) is 5.01. The number of nitrogens with zero attached hydrogens (tertiary/aromatic N) is 1. The Morgan fingerprint density at radius 2 is 1.89 bits per heavy atom. The van der Waals surface area contributed by atoms with Gasteiger partial charge in [0.25, 0.3) is 0 Å². The van der Waals surface area contributed by atoms with Crippen molar-refractivity contribution >= 4 is 0 Å². The van der Waals surface area contributed by atoms with E-state index in [-0.39, 0.29) is 0 Å². The molecular formula is C14H20N2O2. The molecule has 0 radical (unpaired) electrons. The molecule has 2 heterocycles. The molecule has 1 atom stereocenters. The molecule has 0 bridgehead atoms. The first-order valence-corrected chi connectivity index (χ1v) is 6.50. The summed E-state index contributed by atoms with van der Waals surface area (Å²) in [6, 6.07) is 4.90. The number of hydrogen-bond acceptors (Lipinski definition) is 4. The summed E-state index contributed by atoms with van der Waals surface area (Å²) in [7, 11) is 3.39. The molecular weight excluding hydrogens is 228 g/mol. The molecule has 1 aromatic rings. The highest BCUT2D eigenvalue weighted by Gasteiger charge is 2.29.